The fourth-order valence-electron chi connectivity index (χ4n) is 1.11. The Labute approximate surface area is 103 Å². The summed E-state index contributed by atoms with van der Waals surface area (Å²) in [5, 5.41) is 0. The summed E-state index contributed by atoms with van der Waals surface area (Å²) in [4.78, 5) is -0.0804. The maximum absolute atomic E-state index is 13.2. The average Bonchev–Trinajstić information content (AvgIpc) is 2.05. The first kappa shape index (κ1) is 13.6. The SMILES string of the molecule is CC(C)(C)NS(=O)(=O)c1ccc(Br)c(F)c1. The first-order valence-corrected chi connectivity index (χ1v) is 6.88. The number of nitrogens with one attached hydrogen (secondary N) is 1. The highest BCUT2D eigenvalue weighted by Crippen LogP contribution is 2.20. The van der Waals surface area contributed by atoms with Crippen LogP contribution in [-0.2, 0) is 10.0 Å². The maximum atomic E-state index is 13.2. The van der Waals surface area contributed by atoms with Crippen LogP contribution < -0.4 is 4.72 Å². The van der Waals surface area contributed by atoms with E-state index in [2.05, 4.69) is 20.7 Å². The molecule has 0 amide bonds. The second kappa shape index (κ2) is 4.43. The van der Waals surface area contributed by atoms with Crippen molar-refractivity contribution in [3.63, 3.8) is 0 Å². The van der Waals surface area contributed by atoms with Crippen LogP contribution in [0.4, 0.5) is 4.39 Å². The summed E-state index contributed by atoms with van der Waals surface area (Å²) < 4.78 is 39.5. The molecule has 0 aliphatic carbocycles. The Morgan fingerprint density at radius 1 is 1.31 bits per heavy atom. The van der Waals surface area contributed by atoms with E-state index >= 15 is 0 Å². The van der Waals surface area contributed by atoms with Crippen molar-refractivity contribution in [2.75, 3.05) is 0 Å². The lowest BCUT2D eigenvalue weighted by atomic mass is 10.1. The Bertz CT molecular complexity index is 494. The molecule has 0 unspecified atom stereocenters. The zero-order valence-electron chi connectivity index (χ0n) is 9.21. The van der Waals surface area contributed by atoms with Crippen LogP contribution >= 0.6 is 15.9 Å². The quantitative estimate of drug-likeness (QED) is 0.913. The van der Waals surface area contributed by atoms with Crippen molar-refractivity contribution in [1.82, 2.24) is 4.72 Å². The molecule has 3 nitrogen and oxygen atoms in total. The van der Waals surface area contributed by atoms with Crippen LogP contribution in [0, 0.1) is 5.82 Å². The van der Waals surface area contributed by atoms with Crippen LogP contribution in [0.25, 0.3) is 0 Å². The van der Waals surface area contributed by atoms with Crippen LogP contribution in [-0.4, -0.2) is 14.0 Å². The van der Waals surface area contributed by atoms with Gasteiger partial charge in [-0.1, -0.05) is 0 Å². The molecular weight excluding hydrogens is 297 g/mol. The van der Waals surface area contributed by atoms with Gasteiger partial charge in [0.15, 0.2) is 0 Å². The van der Waals surface area contributed by atoms with E-state index in [1.807, 2.05) is 0 Å². The van der Waals surface area contributed by atoms with Crippen LogP contribution in [0.1, 0.15) is 20.8 Å². The van der Waals surface area contributed by atoms with E-state index in [9.17, 15) is 12.8 Å². The minimum Gasteiger partial charge on any atom is -0.207 e. The Hall–Kier alpha value is -0.460. The fourth-order valence-corrected chi connectivity index (χ4v) is 2.78. The van der Waals surface area contributed by atoms with Gasteiger partial charge in [-0.3, -0.25) is 0 Å². The Kier molecular flexibility index (Phi) is 3.76. The smallest absolute Gasteiger partial charge is 0.207 e. The molecule has 1 aromatic rings. The highest BCUT2D eigenvalue weighted by Gasteiger charge is 2.22. The minimum atomic E-state index is -3.67. The summed E-state index contributed by atoms with van der Waals surface area (Å²) in [5.41, 5.74) is -0.595. The van der Waals surface area contributed by atoms with E-state index in [1.54, 1.807) is 20.8 Å². The summed E-state index contributed by atoms with van der Waals surface area (Å²) in [7, 11) is -3.67. The summed E-state index contributed by atoms with van der Waals surface area (Å²) in [6, 6.07) is 3.70. The van der Waals surface area contributed by atoms with Crippen LogP contribution in [0.2, 0.25) is 0 Å². The molecule has 0 saturated carbocycles. The number of hydrogen-bond donors (Lipinski definition) is 1. The zero-order valence-corrected chi connectivity index (χ0v) is 11.6. The molecule has 0 radical (unpaired) electrons. The Morgan fingerprint density at radius 2 is 1.88 bits per heavy atom. The largest absolute Gasteiger partial charge is 0.241 e. The van der Waals surface area contributed by atoms with Crippen molar-refractivity contribution in [1.29, 1.82) is 0 Å². The van der Waals surface area contributed by atoms with Gasteiger partial charge in [-0.05, 0) is 54.9 Å². The molecule has 0 fully saturated rings. The molecule has 0 aliphatic heterocycles. The molecule has 1 aromatic carbocycles. The topological polar surface area (TPSA) is 46.2 Å². The van der Waals surface area contributed by atoms with Crippen molar-refractivity contribution < 1.29 is 12.8 Å². The van der Waals surface area contributed by atoms with Crippen molar-refractivity contribution in [3.05, 3.63) is 28.5 Å². The van der Waals surface area contributed by atoms with Crippen molar-refractivity contribution in [3.8, 4) is 0 Å². The van der Waals surface area contributed by atoms with Gasteiger partial charge in [0, 0.05) is 5.54 Å². The molecule has 1 N–H and O–H groups in total. The molecular formula is C10H13BrFNO2S. The number of halogens is 2. The lowest BCUT2D eigenvalue weighted by Crippen LogP contribution is -2.40. The highest BCUT2D eigenvalue weighted by molar-refractivity contribution is 9.10. The van der Waals surface area contributed by atoms with E-state index in [1.165, 1.54) is 12.1 Å². The predicted molar refractivity (Wildman–Crippen MR) is 64.2 cm³/mol. The van der Waals surface area contributed by atoms with Crippen LogP contribution in [0.15, 0.2) is 27.6 Å². The molecule has 0 aromatic heterocycles. The number of benzene rings is 1. The first-order chi connectivity index (χ1) is 7.12. The van der Waals surface area contributed by atoms with Gasteiger partial charge in [0.1, 0.15) is 5.82 Å². The maximum Gasteiger partial charge on any atom is 0.241 e. The standard InChI is InChI=1S/C10H13BrFNO2S/c1-10(2,3)13-16(14,15)7-4-5-8(11)9(12)6-7/h4-6,13H,1-3H3. The summed E-state index contributed by atoms with van der Waals surface area (Å²) in [6.07, 6.45) is 0. The van der Waals surface area contributed by atoms with Crippen molar-refractivity contribution in [2.24, 2.45) is 0 Å². The van der Waals surface area contributed by atoms with E-state index < -0.39 is 21.4 Å². The van der Waals surface area contributed by atoms with Gasteiger partial charge in [-0.2, -0.15) is 0 Å². The number of hydrogen-bond acceptors (Lipinski definition) is 2. The minimum absolute atomic E-state index is 0.0804. The van der Waals surface area contributed by atoms with Crippen LogP contribution in [0.3, 0.4) is 0 Å². The van der Waals surface area contributed by atoms with E-state index in [-0.39, 0.29) is 9.37 Å². The molecule has 90 valence electrons. The van der Waals surface area contributed by atoms with Crippen molar-refractivity contribution in [2.45, 2.75) is 31.2 Å². The van der Waals surface area contributed by atoms with Gasteiger partial charge in [-0.15, -0.1) is 0 Å². The molecule has 0 atom stereocenters. The van der Waals surface area contributed by atoms with Gasteiger partial charge in [-0.25, -0.2) is 17.5 Å². The van der Waals surface area contributed by atoms with Gasteiger partial charge >= 0.3 is 0 Å². The molecule has 0 saturated heterocycles. The van der Waals surface area contributed by atoms with Crippen LogP contribution in [0.5, 0.6) is 0 Å². The molecule has 16 heavy (non-hydrogen) atoms. The molecule has 0 aliphatic rings. The van der Waals surface area contributed by atoms with E-state index in [4.69, 9.17) is 0 Å². The van der Waals surface area contributed by atoms with Crippen molar-refractivity contribution >= 4 is 26.0 Å². The van der Waals surface area contributed by atoms with Gasteiger partial charge in [0.25, 0.3) is 0 Å². The lowest BCUT2D eigenvalue weighted by molar-refractivity contribution is 0.491. The molecule has 0 bridgehead atoms. The summed E-state index contributed by atoms with van der Waals surface area (Å²) in [6.45, 7) is 5.17. The molecule has 0 heterocycles. The summed E-state index contributed by atoms with van der Waals surface area (Å²) in [5.74, 6) is -0.600. The molecule has 0 spiro atoms. The number of sulfonamides is 1. The average molecular weight is 310 g/mol. The predicted octanol–water partition coefficient (Wildman–Crippen LogP) is 2.67. The lowest BCUT2D eigenvalue weighted by Gasteiger charge is -2.20. The van der Waals surface area contributed by atoms with E-state index in [0.717, 1.165) is 6.07 Å². The molecule has 6 heteroatoms. The highest BCUT2D eigenvalue weighted by atomic mass is 79.9. The number of rotatable bonds is 2. The Balaban J connectivity index is 3.13. The van der Waals surface area contributed by atoms with Gasteiger partial charge < -0.3 is 0 Å². The second-order valence-electron chi connectivity index (χ2n) is 4.43. The normalized spacial score (nSPS) is 12.8. The third-order valence-electron chi connectivity index (χ3n) is 1.64. The third kappa shape index (κ3) is 3.54. The van der Waals surface area contributed by atoms with Gasteiger partial charge in [0.05, 0.1) is 9.37 Å². The molecule has 1 rings (SSSR count). The fraction of sp³-hybridized carbons (Fsp3) is 0.400. The zero-order chi connectivity index (χ0) is 12.6. The Morgan fingerprint density at radius 3 is 2.31 bits per heavy atom. The van der Waals surface area contributed by atoms with E-state index in [0.29, 0.717) is 0 Å². The summed E-state index contributed by atoms with van der Waals surface area (Å²) >= 11 is 2.97. The third-order valence-corrected chi connectivity index (χ3v) is 4.04. The first-order valence-electron chi connectivity index (χ1n) is 4.61. The second-order valence-corrected chi connectivity index (χ2v) is 6.97. The monoisotopic (exact) mass is 309 g/mol. The van der Waals surface area contributed by atoms with Gasteiger partial charge in [0.2, 0.25) is 10.0 Å².